The third-order valence-corrected chi connectivity index (χ3v) is 0.965. The minimum atomic E-state index is -0.0747. The van der Waals surface area contributed by atoms with Crippen LogP contribution >= 0.6 is 0 Å². The topological polar surface area (TPSA) is 61.2 Å². The molecule has 0 aliphatic heterocycles. The number of nitrogens with one attached hydrogen (secondary N) is 2. The van der Waals surface area contributed by atoms with Crippen molar-refractivity contribution in [2.75, 3.05) is 20.6 Å². The fraction of sp³-hybridized carbons (Fsp3) is 0.800. The summed E-state index contributed by atoms with van der Waals surface area (Å²) in [5.41, 5.74) is 2.43. The highest BCUT2D eigenvalue weighted by molar-refractivity contribution is 5.75. The van der Waals surface area contributed by atoms with Crippen molar-refractivity contribution in [3.63, 3.8) is 0 Å². The van der Waals surface area contributed by atoms with E-state index in [0.29, 0.717) is 17.8 Å². The normalized spacial score (nSPS) is 8.60. The first-order valence-electron chi connectivity index (χ1n) is 3.01. The Morgan fingerprint density at radius 2 is 2.20 bits per heavy atom. The van der Waals surface area contributed by atoms with Crippen molar-refractivity contribution in [3.8, 4) is 0 Å². The zero-order chi connectivity index (χ0) is 7.98. The number of hydrazine groups is 1. The quantitative estimate of drug-likeness (QED) is 0.396. The molecule has 0 saturated carbocycles. The van der Waals surface area contributed by atoms with Gasteiger partial charge >= 0.3 is 0 Å². The lowest BCUT2D eigenvalue weighted by molar-refractivity contribution is -0.579. The van der Waals surface area contributed by atoms with E-state index in [1.165, 1.54) is 7.05 Å². The highest BCUT2D eigenvalue weighted by Crippen LogP contribution is 1.73. The SMILES string of the molecule is CNC(=O)CCN[N+](C)=O. The van der Waals surface area contributed by atoms with E-state index >= 15 is 0 Å². The lowest BCUT2D eigenvalue weighted by atomic mass is 10.4. The molecule has 2 N–H and O–H groups in total. The summed E-state index contributed by atoms with van der Waals surface area (Å²) in [7, 11) is 2.90. The van der Waals surface area contributed by atoms with Crippen LogP contribution in [0.15, 0.2) is 0 Å². The van der Waals surface area contributed by atoms with Crippen LogP contribution in [0.5, 0.6) is 0 Å². The highest BCUT2D eigenvalue weighted by Gasteiger charge is 1.99. The largest absolute Gasteiger partial charge is 0.359 e. The summed E-state index contributed by atoms with van der Waals surface area (Å²) >= 11 is 0. The van der Waals surface area contributed by atoms with Crippen LogP contribution in [0.4, 0.5) is 0 Å². The van der Waals surface area contributed by atoms with Crippen LogP contribution in [0.2, 0.25) is 0 Å². The van der Waals surface area contributed by atoms with E-state index in [2.05, 4.69) is 10.7 Å². The Hall–Kier alpha value is -1.13. The minimum absolute atomic E-state index is 0.0747. The molecule has 5 nitrogen and oxygen atoms in total. The van der Waals surface area contributed by atoms with Gasteiger partial charge in [-0.15, -0.1) is 0 Å². The molecule has 1 amide bonds. The summed E-state index contributed by atoms with van der Waals surface area (Å²) in [5, 5.41) is 2.44. The van der Waals surface area contributed by atoms with Crippen molar-refractivity contribution in [1.29, 1.82) is 0 Å². The molecule has 0 aliphatic rings. The number of hydrogen-bond donors (Lipinski definition) is 2. The van der Waals surface area contributed by atoms with Gasteiger partial charge in [0.05, 0.1) is 11.5 Å². The Morgan fingerprint density at radius 3 is 2.60 bits per heavy atom. The van der Waals surface area contributed by atoms with Crippen LogP contribution in [-0.2, 0) is 4.79 Å². The first-order chi connectivity index (χ1) is 4.66. The van der Waals surface area contributed by atoms with Gasteiger partial charge in [0.1, 0.15) is 4.87 Å². The second kappa shape index (κ2) is 4.72. The predicted molar refractivity (Wildman–Crippen MR) is 36.2 cm³/mol. The first-order valence-corrected chi connectivity index (χ1v) is 3.01. The van der Waals surface area contributed by atoms with Gasteiger partial charge in [0.2, 0.25) is 13.0 Å². The van der Waals surface area contributed by atoms with E-state index in [1.807, 2.05) is 0 Å². The average molecular weight is 146 g/mol. The van der Waals surface area contributed by atoms with E-state index in [-0.39, 0.29) is 5.91 Å². The average Bonchev–Trinajstić information content (AvgIpc) is 1.87. The summed E-state index contributed by atoms with van der Waals surface area (Å²) in [6.07, 6.45) is 0.322. The van der Waals surface area contributed by atoms with E-state index in [1.54, 1.807) is 7.05 Å². The maximum absolute atomic E-state index is 10.5. The Balaban J connectivity index is 3.20. The zero-order valence-electron chi connectivity index (χ0n) is 6.18. The van der Waals surface area contributed by atoms with Crippen molar-refractivity contribution < 1.29 is 9.66 Å². The van der Waals surface area contributed by atoms with Gasteiger partial charge in [0, 0.05) is 13.5 Å². The van der Waals surface area contributed by atoms with E-state index < -0.39 is 0 Å². The molecule has 0 bridgehead atoms. The molecule has 10 heavy (non-hydrogen) atoms. The van der Waals surface area contributed by atoms with Crippen molar-refractivity contribution >= 4 is 5.91 Å². The zero-order valence-corrected chi connectivity index (χ0v) is 6.18. The van der Waals surface area contributed by atoms with Crippen molar-refractivity contribution in [2.24, 2.45) is 0 Å². The predicted octanol–water partition coefficient (Wildman–Crippen LogP) is -0.964. The summed E-state index contributed by atoms with van der Waals surface area (Å²) in [5.74, 6) is -0.0747. The van der Waals surface area contributed by atoms with Gasteiger partial charge in [-0.25, -0.2) is 0 Å². The lowest BCUT2D eigenvalue weighted by Crippen LogP contribution is -2.28. The van der Waals surface area contributed by atoms with Crippen molar-refractivity contribution in [1.82, 2.24) is 10.7 Å². The second-order valence-electron chi connectivity index (χ2n) is 1.83. The Labute approximate surface area is 59.3 Å². The molecular weight excluding hydrogens is 134 g/mol. The lowest BCUT2D eigenvalue weighted by Gasteiger charge is -1.95. The Bertz CT molecular complexity index is 135. The van der Waals surface area contributed by atoms with Crippen LogP contribution in [0, 0.1) is 4.91 Å². The maximum Gasteiger partial charge on any atom is 0.221 e. The van der Waals surface area contributed by atoms with Crippen molar-refractivity contribution in [3.05, 3.63) is 4.91 Å². The molecule has 0 unspecified atom stereocenters. The first kappa shape index (κ1) is 8.87. The Kier molecular flexibility index (Phi) is 4.19. The molecule has 0 aromatic rings. The minimum Gasteiger partial charge on any atom is -0.359 e. The van der Waals surface area contributed by atoms with Gasteiger partial charge in [0.15, 0.2) is 0 Å². The van der Waals surface area contributed by atoms with Gasteiger partial charge in [-0.3, -0.25) is 4.79 Å². The summed E-state index contributed by atoms with van der Waals surface area (Å²) in [4.78, 5) is 21.3. The number of hydrogen-bond acceptors (Lipinski definition) is 2. The third-order valence-electron chi connectivity index (χ3n) is 0.965. The van der Waals surface area contributed by atoms with Crippen LogP contribution < -0.4 is 10.7 Å². The number of rotatable bonds is 4. The summed E-state index contributed by atoms with van der Waals surface area (Å²) < 4.78 is 0. The molecule has 0 rings (SSSR count). The van der Waals surface area contributed by atoms with Crippen molar-refractivity contribution in [2.45, 2.75) is 6.42 Å². The van der Waals surface area contributed by atoms with Crippen LogP contribution in [0.3, 0.4) is 0 Å². The molecule has 0 aliphatic carbocycles. The fourth-order valence-electron chi connectivity index (χ4n) is 0.452. The van der Waals surface area contributed by atoms with Gasteiger partial charge < -0.3 is 5.32 Å². The van der Waals surface area contributed by atoms with Crippen LogP contribution in [0.1, 0.15) is 6.42 Å². The molecule has 0 spiro atoms. The number of carbonyl (C=O) groups excluding carboxylic acids is 1. The molecule has 0 heterocycles. The molecule has 5 heteroatoms. The van der Waals surface area contributed by atoms with Gasteiger partial charge in [-0.1, -0.05) is 0 Å². The molecule has 0 fully saturated rings. The fourth-order valence-corrected chi connectivity index (χ4v) is 0.452. The van der Waals surface area contributed by atoms with Gasteiger partial charge in [0.25, 0.3) is 0 Å². The molecule has 0 aromatic carbocycles. The Morgan fingerprint density at radius 1 is 1.60 bits per heavy atom. The van der Waals surface area contributed by atoms with E-state index in [9.17, 15) is 9.70 Å². The number of nitroso groups, excluding NO2 is 1. The number of amides is 1. The van der Waals surface area contributed by atoms with Gasteiger partial charge in [-0.05, 0) is 0 Å². The number of nitrogens with zero attached hydrogens (tertiary/aromatic N) is 1. The highest BCUT2D eigenvalue weighted by atomic mass is 16.3. The van der Waals surface area contributed by atoms with E-state index in [0.717, 1.165) is 0 Å². The van der Waals surface area contributed by atoms with Crippen LogP contribution in [-0.4, -0.2) is 31.4 Å². The molecule has 0 radical (unpaired) electrons. The molecule has 0 atom stereocenters. The smallest absolute Gasteiger partial charge is 0.221 e. The molecule has 0 aromatic heterocycles. The second-order valence-corrected chi connectivity index (χ2v) is 1.83. The van der Waals surface area contributed by atoms with Crippen LogP contribution in [0.25, 0.3) is 0 Å². The maximum atomic E-state index is 10.5. The standard InChI is InChI=1S/C5H11N3O2/c1-6-5(9)3-4-7-8(2)10/h3-4H2,1-2H3,(H-,6,7,9,10)/p+1. The summed E-state index contributed by atoms with van der Waals surface area (Å²) in [6, 6.07) is 0. The molecular formula is C5H12N3O2+. The third kappa shape index (κ3) is 5.02. The molecule has 0 saturated heterocycles. The molecule has 58 valence electrons. The summed E-state index contributed by atoms with van der Waals surface area (Å²) in [6.45, 7) is 0.375. The van der Waals surface area contributed by atoms with E-state index in [4.69, 9.17) is 0 Å². The number of carbonyl (C=O) groups is 1. The van der Waals surface area contributed by atoms with Gasteiger partial charge in [-0.2, -0.15) is 5.43 Å². The monoisotopic (exact) mass is 146 g/mol.